The van der Waals surface area contributed by atoms with Gasteiger partial charge in [0.25, 0.3) is 0 Å². The Morgan fingerprint density at radius 2 is 1.61 bits per heavy atom. The van der Waals surface area contributed by atoms with Crippen LogP contribution in [0.5, 0.6) is 0 Å². The van der Waals surface area contributed by atoms with Crippen molar-refractivity contribution in [3.05, 3.63) is 11.8 Å². The van der Waals surface area contributed by atoms with Crippen molar-refractivity contribution in [1.82, 2.24) is 0 Å². The van der Waals surface area contributed by atoms with Crippen LogP contribution < -0.4 is 0 Å². The quantitative estimate of drug-likeness (QED) is 0.240. The fourth-order valence-electron chi connectivity index (χ4n) is 2.13. The van der Waals surface area contributed by atoms with Crippen molar-refractivity contribution in [2.24, 2.45) is 0 Å². The Bertz CT molecular complexity index is 270. The van der Waals surface area contributed by atoms with Gasteiger partial charge in [-0.25, -0.2) is 0 Å². The molecule has 0 aromatic carbocycles. The van der Waals surface area contributed by atoms with Crippen LogP contribution in [0.15, 0.2) is 11.8 Å². The van der Waals surface area contributed by atoms with Gasteiger partial charge in [-0.1, -0.05) is 45.4 Å². The number of ketones is 1. The van der Waals surface area contributed by atoms with E-state index in [4.69, 9.17) is 4.43 Å². The first-order valence-electron chi connectivity index (χ1n) is 7.25. The van der Waals surface area contributed by atoms with E-state index in [2.05, 4.69) is 20.0 Å². The van der Waals surface area contributed by atoms with E-state index < -0.39 is 8.32 Å². The van der Waals surface area contributed by atoms with Crippen LogP contribution in [0.1, 0.15) is 59.3 Å². The monoisotopic (exact) mass is 270 g/mol. The van der Waals surface area contributed by atoms with Gasteiger partial charge < -0.3 is 4.43 Å². The van der Waals surface area contributed by atoms with Crippen LogP contribution in [0.25, 0.3) is 0 Å². The summed E-state index contributed by atoms with van der Waals surface area (Å²) >= 11 is 0. The normalized spacial score (nSPS) is 12.6. The van der Waals surface area contributed by atoms with E-state index >= 15 is 0 Å². The summed E-state index contributed by atoms with van der Waals surface area (Å²) in [6.45, 7) is 10.2. The van der Waals surface area contributed by atoms with Crippen molar-refractivity contribution in [3.63, 3.8) is 0 Å². The second kappa shape index (κ2) is 9.37. The van der Waals surface area contributed by atoms with Crippen LogP contribution in [0.4, 0.5) is 0 Å². The van der Waals surface area contributed by atoms with E-state index in [9.17, 15) is 4.79 Å². The zero-order valence-electron chi connectivity index (χ0n) is 12.8. The van der Waals surface area contributed by atoms with Gasteiger partial charge in [-0.05, 0) is 33.0 Å². The second-order valence-corrected chi connectivity index (χ2v) is 9.97. The molecule has 0 unspecified atom stereocenters. The zero-order valence-corrected chi connectivity index (χ0v) is 13.8. The highest BCUT2D eigenvalue weighted by Gasteiger charge is 2.23. The molecule has 0 fully saturated rings. The highest BCUT2D eigenvalue weighted by atomic mass is 28.4. The Hall–Kier alpha value is -0.573. The summed E-state index contributed by atoms with van der Waals surface area (Å²) in [6, 6.07) is 1.18. The van der Waals surface area contributed by atoms with Crippen molar-refractivity contribution in [3.8, 4) is 0 Å². The summed E-state index contributed by atoms with van der Waals surface area (Å²) in [5.74, 6) is 0.849. The Morgan fingerprint density at radius 3 is 2.17 bits per heavy atom. The van der Waals surface area contributed by atoms with E-state index in [1.54, 1.807) is 13.0 Å². The van der Waals surface area contributed by atoms with E-state index in [-0.39, 0.29) is 5.78 Å². The summed E-state index contributed by atoms with van der Waals surface area (Å²) in [7, 11) is -1.62. The summed E-state index contributed by atoms with van der Waals surface area (Å²) < 4.78 is 5.96. The van der Waals surface area contributed by atoms with E-state index in [0.29, 0.717) is 0 Å². The third kappa shape index (κ3) is 10.6. The number of hydrogen-bond acceptors (Lipinski definition) is 2. The predicted molar refractivity (Wildman–Crippen MR) is 81.2 cm³/mol. The minimum atomic E-state index is -1.62. The van der Waals surface area contributed by atoms with Gasteiger partial charge in [0.05, 0.1) is 5.76 Å². The van der Waals surface area contributed by atoms with Crippen LogP contribution in [0.2, 0.25) is 19.1 Å². The lowest BCUT2D eigenvalue weighted by atomic mass is 10.1. The largest absolute Gasteiger partial charge is 0.547 e. The van der Waals surface area contributed by atoms with Crippen molar-refractivity contribution in [2.45, 2.75) is 78.4 Å². The van der Waals surface area contributed by atoms with Crippen molar-refractivity contribution in [1.29, 1.82) is 0 Å². The van der Waals surface area contributed by atoms with Crippen LogP contribution in [0.3, 0.4) is 0 Å². The molecular formula is C15H30O2Si. The second-order valence-electron chi connectivity index (χ2n) is 5.75. The molecule has 0 aliphatic carbocycles. The SMILES string of the molecule is CCCCCCCC[Si](C)(C)OC(C)=CC(C)=O. The van der Waals surface area contributed by atoms with Crippen molar-refractivity contribution >= 4 is 14.1 Å². The predicted octanol–water partition coefficient (Wildman–Crippen LogP) is 5.06. The molecule has 0 N–H and O–H groups in total. The maximum Gasteiger partial charge on any atom is 0.244 e. The number of rotatable bonds is 10. The first kappa shape index (κ1) is 17.4. The van der Waals surface area contributed by atoms with Gasteiger partial charge in [-0.3, -0.25) is 4.79 Å². The van der Waals surface area contributed by atoms with Crippen LogP contribution >= 0.6 is 0 Å². The number of carbonyl (C=O) groups excluding carboxylic acids is 1. The topological polar surface area (TPSA) is 26.3 Å². The van der Waals surface area contributed by atoms with Crippen molar-refractivity contribution in [2.75, 3.05) is 0 Å². The molecule has 3 heteroatoms. The molecule has 0 bridgehead atoms. The Morgan fingerprint density at radius 1 is 1.06 bits per heavy atom. The summed E-state index contributed by atoms with van der Waals surface area (Å²) in [4.78, 5) is 11.0. The molecule has 0 saturated carbocycles. The minimum absolute atomic E-state index is 0.0665. The van der Waals surface area contributed by atoms with Crippen molar-refractivity contribution < 1.29 is 9.22 Å². The molecule has 0 aliphatic heterocycles. The number of unbranched alkanes of at least 4 members (excludes halogenated alkanes) is 5. The zero-order chi connectivity index (χ0) is 14.0. The Balaban J connectivity index is 3.83. The van der Waals surface area contributed by atoms with Gasteiger partial charge in [0.1, 0.15) is 0 Å². The molecule has 0 spiro atoms. The van der Waals surface area contributed by atoms with Gasteiger partial charge in [-0.15, -0.1) is 0 Å². The Kier molecular flexibility index (Phi) is 9.07. The van der Waals surface area contributed by atoms with Crippen LogP contribution in [-0.2, 0) is 9.22 Å². The number of carbonyl (C=O) groups is 1. The lowest BCUT2D eigenvalue weighted by molar-refractivity contribution is -0.112. The lowest BCUT2D eigenvalue weighted by Crippen LogP contribution is -2.29. The summed E-state index contributed by atoms with van der Waals surface area (Å²) in [5.41, 5.74) is 0. The van der Waals surface area contributed by atoms with Crippen LogP contribution in [-0.4, -0.2) is 14.1 Å². The molecule has 0 atom stereocenters. The number of hydrogen-bond donors (Lipinski definition) is 0. The summed E-state index contributed by atoms with van der Waals surface area (Å²) in [6.07, 6.45) is 9.54. The van der Waals surface area contributed by atoms with Gasteiger partial charge in [-0.2, -0.15) is 0 Å². The van der Waals surface area contributed by atoms with Gasteiger partial charge in [0.15, 0.2) is 5.78 Å². The standard InChI is InChI=1S/C15H30O2Si/c1-6-7-8-9-10-11-12-18(4,5)17-15(3)13-14(2)16/h13H,6-12H2,1-5H3. The molecule has 2 nitrogen and oxygen atoms in total. The summed E-state index contributed by atoms with van der Waals surface area (Å²) in [5, 5.41) is 0. The molecule has 0 aliphatic rings. The maximum atomic E-state index is 11.0. The molecule has 0 aromatic heterocycles. The van der Waals surface area contributed by atoms with Gasteiger partial charge in [0.2, 0.25) is 8.32 Å². The molecule has 106 valence electrons. The highest BCUT2D eigenvalue weighted by molar-refractivity contribution is 6.71. The average Bonchev–Trinajstić information content (AvgIpc) is 2.20. The highest BCUT2D eigenvalue weighted by Crippen LogP contribution is 2.20. The van der Waals surface area contributed by atoms with E-state index in [0.717, 1.165) is 5.76 Å². The third-order valence-electron chi connectivity index (χ3n) is 2.98. The number of allylic oxidation sites excluding steroid dienone is 2. The molecule has 0 heterocycles. The molecule has 0 amide bonds. The van der Waals surface area contributed by atoms with Gasteiger partial charge >= 0.3 is 0 Å². The molecule has 0 radical (unpaired) electrons. The molecule has 0 rings (SSSR count). The fourth-order valence-corrected chi connectivity index (χ4v) is 4.27. The fraction of sp³-hybridized carbons (Fsp3) is 0.800. The molecule has 18 heavy (non-hydrogen) atoms. The molecule has 0 aromatic rings. The third-order valence-corrected chi connectivity index (χ3v) is 5.41. The average molecular weight is 270 g/mol. The maximum absolute atomic E-state index is 11.0. The molecule has 0 saturated heterocycles. The minimum Gasteiger partial charge on any atom is -0.547 e. The Labute approximate surface area is 114 Å². The lowest BCUT2D eigenvalue weighted by Gasteiger charge is -2.24. The first-order valence-corrected chi connectivity index (χ1v) is 10.4. The first-order chi connectivity index (χ1) is 8.37. The van der Waals surface area contributed by atoms with E-state index in [1.165, 1.54) is 44.6 Å². The van der Waals surface area contributed by atoms with E-state index in [1.807, 2.05) is 6.92 Å². The smallest absolute Gasteiger partial charge is 0.244 e. The molecular weight excluding hydrogens is 240 g/mol. The van der Waals surface area contributed by atoms with Crippen LogP contribution in [0, 0.1) is 0 Å². The van der Waals surface area contributed by atoms with Gasteiger partial charge in [0, 0.05) is 6.08 Å².